The fraction of sp³-hybridized carbons (Fsp3) is 0. The average molecular weight is 475 g/mol. The second kappa shape index (κ2) is 8.56. The molecule has 0 amide bonds. The molecule has 0 radical (unpaired) electrons. The van der Waals surface area contributed by atoms with Gasteiger partial charge in [-0.2, -0.15) is 0 Å². The first-order valence-corrected chi connectivity index (χ1v) is 11.9. The zero-order chi connectivity index (χ0) is 23.9. The summed E-state index contributed by atoms with van der Waals surface area (Å²) >= 11 is 1.49. The maximum atomic E-state index is 16.0. The second-order valence-corrected chi connectivity index (χ2v) is 9.29. The van der Waals surface area contributed by atoms with Gasteiger partial charge in [0.25, 0.3) is 0 Å². The Labute approximate surface area is 206 Å². The Bertz CT molecular complexity index is 1700. The number of nitrogen functional groups attached to an aromatic ring is 1. The van der Waals surface area contributed by atoms with E-state index in [1.165, 1.54) is 17.2 Å². The van der Waals surface area contributed by atoms with Crippen molar-refractivity contribution in [2.75, 3.05) is 5.73 Å². The molecule has 3 heterocycles. The molecule has 0 fully saturated rings. The van der Waals surface area contributed by atoms with Gasteiger partial charge in [0, 0.05) is 33.8 Å². The smallest absolute Gasteiger partial charge is 0.178 e. The van der Waals surface area contributed by atoms with E-state index in [0.29, 0.717) is 33.1 Å². The van der Waals surface area contributed by atoms with Crippen molar-refractivity contribution < 1.29 is 4.39 Å². The highest BCUT2D eigenvalue weighted by Gasteiger charge is 2.21. The maximum absolute atomic E-state index is 16.0. The number of anilines is 1. The van der Waals surface area contributed by atoms with Crippen LogP contribution in [0.3, 0.4) is 0 Å². The van der Waals surface area contributed by atoms with E-state index < -0.39 is 5.82 Å². The van der Waals surface area contributed by atoms with Crippen molar-refractivity contribution in [1.82, 2.24) is 19.4 Å². The maximum Gasteiger partial charge on any atom is 0.178 e. The van der Waals surface area contributed by atoms with Crippen LogP contribution in [0.4, 0.5) is 10.2 Å². The number of fused-ring (bicyclic) bond motifs is 2. The monoisotopic (exact) mass is 475 g/mol. The van der Waals surface area contributed by atoms with Crippen LogP contribution < -0.4 is 11.2 Å². The zero-order valence-corrected chi connectivity index (χ0v) is 19.6. The van der Waals surface area contributed by atoms with Gasteiger partial charge < -0.3 is 5.73 Å². The molecule has 2 N–H and O–H groups in total. The van der Waals surface area contributed by atoms with E-state index in [1.807, 2.05) is 85.0 Å². The van der Waals surface area contributed by atoms with E-state index in [-0.39, 0.29) is 5.82 Å². The van der Waals surface area contributed by atoms with Crippen molar-refractivity contribution >= 4 is 47.3 Å². The van der Waals surface area contributed by atoms with Crippen molar-refractivity contribution in [1.29, 1.82) is 0 Å². The summed E-state index contributed by atoms with van der Waals surface area (Å²) in [5, 5.41) is 1.40. The molecule has 0 aliphatic heterocycles. The highest BCUT2D eigenvalue weighted by atomic mass is 32.2. The van der Waals surface area contributed by atoms with Gasteiger partial charge >= 0.3 is 0 Å². The Morgan fingerprint density at radius 2 is 1.66 bits per heavy atom. The van der Waals surface area contributed by atoms with Gasteiger partial charge in [0.1, 0.15) is 30.4 Å². The fourth-order valence-corrected chi connectivity index (χ4v) is 4.99. The van der Waals surface area contributed by atoms with Crippen molar-refractivity contribution in [3.63, 3.8) is 0 Å². The first-order chi connectivity index (χ1) is 17.1. The van der Waals surface area contributed by atoms with Gasteiger partial charge in [0.05, 0.1) is 5.69 Å². The summed E-state index contributed by atoms with van der Waals surface area (Å²) in [5.74, 6) is -0.147. The molecule has 3 aromatic heterocycles. The summed E-state index contributed by atoms with van der Waals surface area (Å²) in [4.78, 5) is 14.7. The number of aromatic nitrogens is 4. The lowest BCUT2D eigenvalue weighted by atomic mass is 9.97. The Kier molecular flexibility index (Phi) is 5.23. The minimum atomic E-state index is -0.435. The number of halogens is 1. The number of hydrogen-bond donors (Lipinski definition) is 1. The molecule has 8 heteroatoms. The Morgan fingerprint density at radius 1 is 0.886 bits per heavy atom. The van der Waals surface area contributed by atoms with Crippen molar-refractivity contribution in [2.24, 2.45) is 0 Å². The summed E-state index contributed by atoms with van der Waals surface area (Å²) < 4.78 is 17.9. The normalized spacial score (nSPS) is 11.3. The number of nitrogens with zero attached hydrogens (tertiary/aromatic N) is 4. The van der Waals surface area contributed by atoms with E-state index in [9.17, 15) is 0 Å². The molecule has 0 atom stereocenters. The third-order valence-electron chi connectivity index (χ3n) is 5.91. The third-order valence-corrected chi connectivity index (χ3v) is 6.88. The largest absolute Gasteiger partial charge is 0.382 e. The molecule has 0 aliphatic rings. The lowest BCUT2D eigenvalue weighted by Gasteiger charge is -2.08. The molecule has 5 nitrogen and oxygen atoms in total. The van der Waals surface area contributed by atoms with Gasteiger partial charge in [-0.05, 0) is 24.3 Å². The molecule has 0 bridgehead atoms. The number of hydrogen-bond acceptors (Lipinski definition) is 5. The average Bonchev–Trinajstić information content (AvgIpc) is 3.25. The Balaban J connectivity index is 1.53. The van der Waals surface area contributed by atoms with Gasteiger partial charge in [0.15, 0.2) is 11.0 Å². The Morgan fingerprint density at radius 3 is 2.46 bits per heavy atom. The summed E-state index contributed by atoms with van der Waals surface area (Å²) in [6.45, 7) is 0. The van der Waals surface area contributed by atoms with Crippen molar-refractivity contribution in [3.8, 4) is 22.5 Å². The van der Waals surface area contributed by atoms with Crippen LogP contribution >= 0.6 is 11.8 Å². The van der Waals surface area contributed by atoms with Crippen LogP contribution in [0.1, 0.15) is 0 Å². The quantitative estimate of drug-likeness (QED) is 0.373. The Hall–Kier alpha value is -4.17. The molecule has 0 saturated carbocycles. The molecule has 0 unspecified atom stereocenters. The number of rotatable bonds is 4. The van der Waals surface area contributed by atoms with E-state index in [2.05, 4.69) is 9.97 Å². The van der Waals surface area contributed by atoms with Crippen LogP contribution in [-0.4, -0.2) is 27.2 Å². The molecule has 35 heavy (non-hydrogen) atoms. The van der Waals surface area contributed by atoms with E-state index in [1.54, 1.807) is 18.5 Å². The molecule has 3 aromatic carbocycles. The summed E-state index contributed by atoms with van der Waals surface area (Å²) in [5.41, 5.74) is 10.7. The fourth-order valence-electron chi connectivity index (χ4n) is 4.11. The second-order valence-electron chi connectivity index (χ2n) is 8.25. The highest BCUT2D eigenvalue weighted by Crippen LogP contribution is 2.37. The lowest BCUT2D eigenvalue weighted by molar-refractivity contribution is 0.640. The first-order valence-electron chi connectivity index (χ1n) is 11.1. The van der Waals surface area contributed by atoms with Crippen molar-refractivity contribution in [3.05, 3.63) is 97.1 Å². The molecule has 6 rings (SSSR count). The standard InChI is InChI=1S/C27H19BFN5S/c28-18-8-10-19(11-9-18)35-27-33-24(25-26(30)31-14-15-34(25)27)20-12-6-17-7-13-21(32-23(17)22(20)29)16-4-2-1-3-5-16/h1-15H,28H2,(H2,30,31). The lowest BCUT2D eigenvalue weighted by Crippen LogP contribution is -1.99. The molecular weight excluding hydrogens is 456 g/mol. The molecule has 168 valence electrons. The third kappa shape index (κ3) is 3.82. The molecule has 0 saturated heterocycles. The minimum absolute atomic E-state index is 0.288. The number of nitrogens with two attached hydrogens (primary N) is 1. The predicted molar refractivity (Wildman–Crippen MR) is 142 cm³/mol. The zero-order valence-electron chi connectivity index (χ0n) is 18.8. The number of imidazole rings is 1. The summed E-state index contributed by atoms with van der Waals surface area (Å²) in [7, 11) is 2.05. The van der Waals surface area contributed by atoms with Gasteiger partial charge in [-0.25, -0.2) is 19.3 Å². The van der Waals surface area contributed by atoms with Crippen LogP contribution in [0.2, 0.25) is 0 Å². The van der Waals surface area contributed by atoms with Crippen LogP contribution in [0.15, 0.2) is 101 Å². The van der Waals surface area contributed by atoms with E-state index in [0.717, 1.165) is 15.8 Å². The first kappa shape index (κ1) is 21.4. The number of pyridine rings is 1. The number of benzene rings is 3. The van der Waals surface area contributed by atoms with Crippen LogP contribution in [-0.2, 0) is 0 Å². The molecule has 0 spiro atoms. The SMILES string of the molecule is Bc1ccc(Sc2nc(-c3ccc4ccc(-c5ccccc5)nc4c3F)c3c(N)nccn23)cc1. The molecule has 0 aliphatic carbocycles. The molecule has 6 aromatic rings. The van der Waals surface area contributed by atoms with Gasteiger partial charge in [-0.3, -0.25) is 4.40 Å². The van der Waals surface area contributed by atoms with Crippen molar-refractivity contribution in [2.45, 2.75) is 10.1 Å². The highest BCUT2D eigenvalue weighted by molar-refractivity contribution is 7.99. The van der Waals surface area contributed by atoms with E-state index >= 15 is 4.39 Å². The van der Waals surface area contributed by atoms with Gasteiger partial charge in [-0.1, -0.05) is 71.8 Å². The van der Waals surface area contributed by atoms with Crippen LogP contribution in [0.25, 0.3) is 38.9 Å². The molecular formula is C27H19BFN5S. The summed E-state index contributed by atoms with van der Waals surface area (Å²) in [6.07, 6.45) is 3.42. The van der Waals surface area contributed by atoms with Gasteiger partial charge in [0.2, 0.25) is 0 Å². The summed E-state index contributed by atoms with van der Waals surface area (Å²) in [6, 6.07) is 25.3. The predicted octanol–water partition coefficient (Wildman–Crippen LogP) is 4.74. The topological polar surface area (TPSA) is 69.1 Å². The van der Waals surface area contributed by atoms with Gasteiger partial charge in [-0.15, -0.1) is 0 Å². The van der Waals surface area contributed by atoms with E-state index in [4.69, 9.17) is 10.7 Å². The minimum Gasteiger partial charge on any atom is -0.382 e. The van der Waals surface area contributed by atoms with Crippen LogP contribution in [0, 0.1) is 5.82 Å². The van der Waals surface area contributed by atoms with Crippen LogP contribution in [0.5, 0.6) is 0 Å².